The molecule has 2 heteroatoms. The van der Waals surface area contributed by atoms with Gasteiger partial charge in [-0.3, -0.25) is 4.98 Å². The second-order valence-corrected chi connectivity index (χ2v) is 3.53. The van der Waals surface area contributed by atoms with Crippen molar-refractivity contribution >= 4 is 0 Å². The number of hydrogen-bond acceptors (Lipinski definition) is 2. The van der Waals surface area contributed by atoms with Crippen LogP contribution >= 0.6 is 0 Å². The lowest BCUT2D eigenvalue weighted by Crippen LogP contribution is -2.20. The third-order valence-corrected chi connectivity index (χ3v) is 2.51. The third-order valence-electron chi connectivity index (χ3n) is 2.51. The molecule has 0 amide bonds. The number of hydrogen-bond donors (Lipinski definition) is 1. The summed E-state index contributed by atoms with van der Waals surface area (Å²) in [5, 5.41) is 10.2. The maximum Gasteiger partial charge on any atom is 0.168 e. The van der Waals surface area contributed by atoms with Gasteiger partial charge in [-0.2, -0.15) is 0 Å². The zero-order valence-corrected chi connectivity index (χ0v) is 8.25. The Kier molecular flexibility index (Phi) is 2.26. The summed E-state index contributed by atoms with van der Waals surface area (Å²) in [6.07, 6.45) is 4.03. The molecule has 2 nitrogen and oxygen atoms in total. The van der Waals surface area contributed by atoms with E-state index in [4.69, 9.17) is 0 Å². The molecular formula is C12H13NO. The minimum Gasteiger partial charge on any atom is -0.372 e. The lowest BCUT2D eigenvalue weighted by Gasteiger charge is -2.14. The Morgan fingerprint density at radius 3 is 3.29 bits per heavy atom. The lowest BCUT2D eigenvalue weighted by atomic mass is 10.0. The van der Waals surface area contributed by atoms with Gasteiger partial charge in [-0.05, 0) is 24.5 Å². The molecule has 1 aromatic rings. The van der Waals surface area contributed by atoms with E-state index in [0.29, 0.717) is 6.42 Å². The molecule has 0 bridgehead atoms. The summed E-state index contributed by atoms with van der Waals surface area (Å²) in [6, 6.07) is 3.91. The Bertz CT molecular complexity index is 402. The molecule has 1 aromatic heterocycles. The number of nitrogens with zero attached hydrogens (tertiary/aromatic N) is 1. The first-order valence-corrected chi connectivity index (χ1v) is 4.93. The molecule has 2 rings (SSSR count). The molecule has 0 radical (unpaired) electrons. The number of aryl methyl sites for hydroxylation is 1. The highest BCUT2D eigenvalue weighted by atomic mass is 16.3. The molecular weight excluding hydrogens is 174 g/mol. The van der Waals surface area contributed by atoms with Crippen molar-refractivity contribution < 1.29 is 5.11 Å². The standard InChI is InChI=1S/C12H13NO/c1-2-3-7-12(14)8-6-10-5-4-9-13-11(10)12/h4-5,9,14H,2,6,8H2,1H3. The van der Waals surface area contributed by atoms with Crippen LogP contribution in [0.3, 0.4) is 0 Å². The molecule has 1 heterocycles. The molecule has 72 valence electrons. The molecule has 1 aliphatic rings. The van der Waals surface area contributed by atoms with E-state index < -0.39 is 5.60 Å². The molecule has 1 aliphatic carbocycles. The van der Waals surface area contributed by atoms with Crippen molar-refractivity contribution in [3.05, 3.63) is 29.6 Å². The van der Waals surface area contributed by atoms with E-state index in [0.717, 1.165) is 24.1 Å². The van der Waals surface area contributed by atoms with Crippen LogP contribution in [0.25, 0.3) is 0 Å². The summed E-state index contributed by atoms with van der Waals surface area (Å²) >= 11 is 0. The molecule has 0 saturated carbocycles. The Morgan fingerprint density at radius 2 is 2.50 bits per heavy atom. The van der Waals surface area contributed by atoms with Crippen LogP contribution in [0.15, 0.2) is 18.3 Å². The molecule has 0 spiro atoms. The molecule has 1 unspecified atom stereocenters. The zero-order chi connectivity index (χ0) is 10.0. The largest absolute Gasteiger partial charge is 0.372 e. The third kappa shape index (κ3) is 1.40. The predicted octanol–water partition coefficient (Wildman–Crippen LogP) is 1.63. The summed E-state index contributed by atoms with van der Waals surface area (Å²) in [5.74, 6) is 5.84. The zero-order valence-electron chi connectivity index (χ0n) is 8.25. The van der Waals surface area contributed by atoms with Crippen molar-refractivity contribution in [2.45, 2.75) is 31.8 Å². The Balaban J connectivity index is 2.42. The van der Waals surface area contributed by atoms with Crippen molar-refractivity contribution in [3.63, 3.8) is 0 Å². The van der Waals surface area contributed by atoms with Gasteiger partial charge >= 0.3 is 0 Å². The number of pyridine rings is 1. The Hall–Kier alpha value is -1.33. The van der Waals surface area contributed by atoms with Gasteiger partial charge in [0, 0.05) is 12.6 Å². The van der Waals surface area contributed by atoms with E-state index in [1.807, 2.05) is 19.1 Å². The monoisotopic (exact) mass is 187 g/mol. The van der Waals surface area contributed by atoms with Crippen molar-refractivity contribution in [2.24, 2.45) is 0 Å². The van der Waals surface area contributed by atoms with Crippen molar-refractivity contribution in [1.82, 2.24) is 4.98 Å². The van der Waals surface area contributed by atoms with Gasteiger partial charge in [-0.25, -0.2) is 0 Å². The number of rotatable bonds is 0. The maximum atomic E-state index is 10.2. The van der Waals surface area contributed by atoms with Crippen LogP contribution in [0, 0.1) is 11.8 Å². The lowest BCUT2D eigenvalue weighted by molar-refractivity contribution is 0.0981. The van der Waals surface area contributed by atoms with Crippen LogP contribution in [0.1, 0.15) is 31.0 Å². The number of aromatic nitrogens is 1. The summed E-state index contributed by atoms with van der Waals surface area (Å²) in [7, 11) is 0. The minimum absolute atomic E-state index is 0.673. The second-order valence-electron chi connectivity index (χ2n) is 3.53. The summed E-state index contributed by atoms with van der Waals surface area (Å²) in [4.78, 5) is 4.21. The van der Waals surface area contributed by atoms with Crippen LogP contribution in [0.2, 0.25) is 0 Å². The molecule has 0 saturated heterocycles. The highest BCUT2D eigenvalue weighted by Gasteiger charge is 2.36. The van der Waals surface area contributed by atoms with Gasteiger partial charge in [-0.15, -0.1) is 5.92 Å². The molecule has 0 aliphatic heterocycles. The summed E-state index contributed by atoms with van der Waals surface area (Å²) < 4.78 is 0. The molecule has 0 fully saturated rings. The van der Waals surface area contributed by atoms with Crippen LogP contribution in [0.4, 0.5) is 0 Å². The molecule has 14 heavy (non-hydrogen) atoms. The van der Waals surface area contributed by atoms with Gasteiger partial charge in [0.05, 0.1) is 5.69 Å². The average Bonchev–Trinajstić information content (AvgIpc) is 2.55. The molecule has 0 aromatic carbocycles. The quantitative estimate of drug-likeness (QED) is 0.626. The van der Waals surface area contributed by atoms with Gasteiger partial charge in [0.15, 0.2) is 5.60 Å². The molecule has 1 N–H and O–H groups in total. The Labute approximate surface area is 84.0 Å². The summed E-state index contributed by atoms with van der Waals surface area (Å²) in [5.41, 5.74) is 0.883. The van der Waals surface area contributed by atoms with E-state index in [1.165, 1.54) is 0 Å². The highest BCUT2D eigenvalue weighted by Crippen LogP contribution is 2.34. The second kappa shape index (κ2) is 3.43. The van der Waals surface area contributed by atoms with Gasteiger partial charge in [0.1, 0.15) is 0 Å². The maximum absolute atomic E-state index is 10.2. The van der Waals surface area contributed by atoms with Crippen molar-refractivity contribution in [3.8, 4) is 11.8 Å². The van der Waals surface area contributed by atoms with E-state index in [-0.39, 0.29) is 0 Å². The van der Waals surface area contributed by atoms with Crippen molar-refractivity contribution in [1.29, 1.82) is 0 Å². The van der Waals surface area contributed by atoms with Crippen LogP contribution in [-0.2, 0) is 12.0 Å². The fraction of sp³-hybridized carbons (Fsp3) is 0.417. The van der Waals surface area contributed by atoms with Gasteiger partial charge in [0.25, 0.3) is 0 Å². The SMILES string of the molecule is CCC#CC1(O)CCc2cccnc21. The fourth-order valence-corrected chi connectivity index (χ4v) is 1.80. The first kappa shape index (κ1) is 9.23. The highest BCUT2D eigenvalue weighted by molar-refractivity contribution is 5.38. The average molecular weight is 187 g/mol. The Morgan fingerprint density at radius 1 is 1.64 bits per heavy atom. The molecule has 1 atom stereocenters. The normalized spacial score (nSPS) is 23.9. The van der Waals surface area contributed by atoms with Gasteiger partial charge in [-0.1, -0.05) is 18.9 Å². The number of fused-ring (bicyclic) bond motifs is 1. The van der Waals surface area contributed by atoms with Gasteiger partial charge in [0.2, 0.25) is 0 Å². The smallest absolute Gasteiger partial charge is 0.168 e. The van der Waals surface area contributed by atoms with Gasteiger partial charge < -0.3 is 5.11 Å². The summed E-state index contributed by atoms with van der Waals surface area (Å²) in [6.45, 7) is 1.98. The van der Waals surface area contributed by atoms with E-state index in [2.05, 4.69) is 16.8 Å². The van der Waals surface area contributed by atoms with E-state index in [1.54, 1.807) is 6.20 Å². The fourth-order valence-electron chi connectivity index (χ4n) is 1.80. The van der Waals surface area contributed by atoms with Crippen LogP contribution < -0.4 is 0 Å². The first-order valence-electron chi connectivity index (χ1n) is 4.93. The van der Waals surface area contributed by atoms with Crippen LogP contribution in [-0.4, -0.2) is 10.1 Å². The van der Waals surface area contributed by atoms with E-state index >= 15 is 0 Å². The predicted molar refractivity (Wildman–Crippen MR) is 54.5 cm³/mol. The first-order chi connectivity index (χ1) is 6.76. The van der Waals surface area contributed by atoms with Crippen molar-refractivity contribution in [2.75, 3.05) is 0 Å². The number of aliphatic hydroxyl groups is 1. The van der Waals surface area contributed by atoms with E-state index in [9.17, 15) is 5.11 Å². The van der Waals surface area contributed by atoms with Crippen LogP contribution in [0.5, 0.6) is 0 Å². The topological polar surface area (TPSA) is 33.1 Å². The minimum atomic E-state index is -0.993.